The normalized spacial score (nSPS) is 16.0. The maximum Gasteiger partial charge on any atom is 0.0462 e. The van der Waals surface area contributed by atoms with E-state index >= 15 is 0 Å². The van der Waals surface area contributed by atoms with Gasteiger partial charge in [-0.3, -0.25) is 0 Å². The Hall–Kier alpha value is -0.0800. The predicted molar refractivity (Wildman–Crippen MR) is 53.2 cm³/mol. The summed E-state index contributed by atoms with van der Waals surface area (Å²) in [5, 5.41) is 0. The van der Waals surface area contributed by atoms with Crippen molar-refractivity contribution in [3.63, 3.8) is 0 Å². The monoisotopic (exact) mass is 173 g/mol. The van der Waals surface area contributed by atoms with Crippen LogP contribution in [0.25, 0.3) is 0 Å². The van der Waals surface area contributed by atoms with E-state index in [-0.39, 0.29) is 0 Å². The highest BCUT2D eigenvalue weighted by molar-refractivity contribution is 4.72. The molecule has 0 aromatic heterocycles. The van der Waals surface area contributed by atoms with Gasteiger partial charge in [-0.1, -0.05) is 20.3 Å². The van der Waals surface area contributed by atoms with Gasteiger partial charge in [-0.05, 0) is 31.2 Å². The fourth-order valence-corrected chi connectivity index (χ4v) is 1.22. The topological polar surface area (TPSA) is 35.2 Å². The molecule has 2 nitrogen and oxygen atoms in total. The molecule has 0 aliphatic carbocycles. The van der Waals surface area contributed by atoms with Gasteiger partial charge in [-0.15, -0.1) is 0 Å². The number of rotatable bonds is 7. The van der Waals surface area contributed by atoms with Crippen LogP contribution in [0.2, 0.25) is 0 Å². The minimum atomic E-state index is 0.355. The molecule has 0 amide bonds. The minimum Gasteiger partial charge on any atom is -0.385 e. The summed E-state index contributed by atoms with van der Waals surface area (Å²) in [6.45, 7) is 6.16. The highest BCUT2D eigenvalue weighted by Gasteiger charge is 2.18. The maximum atomic E-state index is 5.70. The molecule has 0 heterocycles. The van der Waals surface area contributed by atoms with Gasteiger partial charge in [-0.25, -0.2) is 0 Å². The summed E-state index contributed by atoms with van der Waals surface area (Å²) in [5.74, 6) is 0. The molecular formula is C10H23NO. The van der Waals surface area contributed by atoms with Crippen LogP contribution in [-0.2, 0) is 4.74 Å². The number of hydrogen-bond acceptors (Lipinski definition) is 2. The van der Waals surface area contributed by atoms with Crippen molar-refractivity contribution in [3.05, 3.63) is 0 Å². The van der Waals surface area contributed by atoms with Crippen molar-refractivity contribution in [1.82, 2.24) is 0 Å². The summed E-state index contributed by atoms with van der Waals surface area (Å²) in [7, 11) is 1.75. The number of unbranched alkanes of at least 4 members (excludes halogenated alkanes) is 1. The molecule has 0 spiro atoms. The van der Waals surface area contributed by atoms with E-state index in [2.05, 4.69) is 13.8 Å². The molecule has 0 fully saturated rings. The zero-order valence-electron chi connectivity index (χ0n) is 8.73. The predicted octanol–water partition coefficient (Wildman–Crippen LogP) is 2.18. The summed E-state index contributed by atoms with van der Waals surface area (Å²) < 4.78 is 4.99. The third-order valence-corrected chi connectivity index (χ3v) is 2.73. The Morgan fingerprint density at radius 2 is 2.00 bits per heavy atom. The summed E-state index contributed by atoms with van der Waals surface area (Å²) in [6.07, 6.45) is 4.79. The average Bonchev–Trinajstić information content (AvgIpc) is 2.12. The Labute approximate surface area is 76.5 Å². The van der Waals surface area contributed by atoms with Crippen LogP contribution < -0.4 is 5.73 Å². The molecule has 0 rings (SSSR count). The molecule has 0 bridgehead atoms. The summed E-state index contributed by atoms with van der Waals surface area (Å²) in [4.78, 5) is 0. The highest BCUT2D eigenvalue weighted by Crippen LogP contribution is 2.26. The van der Waals surface area contributed by atoms with Crippen molar-refractivity contribution >= 4 is 0 Å². The van der Waals surface area contributed by atoms with E-state index in [1.54, 1.807) is 7.11 Å². The lowest BCUT2D eigenvalue weighted by molar-refractivity contribution is 0.183. The molecule has 0 aliphatic rings. The van der Waals surface area contributed by atoms with Crippen molar-refractivity contribution in [3.8, 4) is 0 Å². The van der Waals surface area contributed by atoms with Gasteiger partial charge < -0.3 is 10.5 Å². The van der Waals surface area contributed by atoms with Crippen LogP contribution in [-0.4, -0.2) is 20.3 Å². The molecule has 0 radical (unpaired) electrons. The van der Waals surface area contributed by atoms with Crippen LogP contribution >= 0.6 is 0 Å². The lowest BCUT2D eigenvalue weighted by Crippen LogP contribution is -2.26. The van der Waals surface area contributed by atoms with E-state index in [1.165, 1.54) is 19.3 Å². The smallest absolute Gasteiger partial charge is 0.0462 e. The van der Waals surface area contributed by atoms with Gasteiger partial charge in [0.1, 0.15) is 0 Å². The van der Waals surface area contributed by atoms with Gasteiger partial charge in [0.25, 0.3) is 0 Å². The zero-order valence-corrected chi connectivity index (χ0v) is 8.73. The first-order chi connectivity index (χ1) is 5.68. The number of hydrogen-bond donors (Lipinski definition) is 1. The molecule has 0 aromatic carbocycles. The van der Waals surface area contributed by atoms with E-state index in [0.29, 0.717) is 5.41 Å². The molecule has 12 heavy (non-hydrogen) atoms. The minimum absolute atomic E-state index is 0.355. The summed E-state index contributed by atoms with van der Waals surface area (Å²) in [6, 6.07) is 0. The number of ether oxygens (including phenoxy) is 1. The Morgan fingerprint density at radius 1 is 1.33 bits per heavy atom. The molecule has 2 N–H and O–H groups in total. The molecule has 0 saturated carbocycles. The molecule has 1 atom stereocenters. The third kappa shape index (κ3) is 4.73. The molecule has 2 heteroatoms. The van der Waals surface area contributed by atoms with Crippen LogP contribution in [0.5, 0.6) is 0 Å². The fourth-order valence-electron chi connectivity index (χ4n) is 1.22. The third-order valence-electron chi connectivity index (χ3n) is 2.73. The molecule has 74 valence electrons. The lowest BCUT2D eigenvalue weighted by atomic mass is 9.82. The van der Waals surface area contributed by atoms with Gasteiger partial charge >= 0.3 is 0 Å². The standard InChI is InChI=1S/C10H23NO/c1-4-10(2,9-11)7-5-6-8-12-3/h4-9,11H2,1-3H3. The molecule has 0 saturated heterocycles. The second kappa shape index (κ2) is 6.44. The Balaban J connectivity index is 3.45. The van der Waals surface area contributed by atoms with E-state index in [1.807, 2.05) is 0 Å². The van der Waals surface area contributed by atoms with Crippen molar-refractivity contribution < 1.29 is 4.74 Å². The lowest BCUT2D eigenvalue weighted by Gasteiger charge is -2.26. The van der Waals surface area contributed by atoms with Crippen LogP contribution in [0.15, 0.2) is 0 Å². The van der Waals surface area contributed by atoms with E-state index in [9.17, 15) is 0 Å². The van der Waals surface area contributed by atoms with E-state index < -0.39 is 0 Å². The molecular weight excluding hydrogens is 150 g/mol. The van der Waals surface area contributed by atoms with Gasteiger partial charge in [0.15, 0.2) is 0 Å². The first kappa shape index (κ1) is 11.9. The van der Waals surface area contributed by atoms with Crippen LogP contribution in [0.4, 0.5) is 0 Å². The largest absolute Gasteiger partial charge is 0.385 e. The second-order valence-electron chi connectivity index (χ2n) is 3.82. The van der Waals surface area contributed by atoms with Gasteiger partial charge in [0.05, 0.1) is 0 Å². The van der Waals surface area contributed by atoms with Crippen molar-refractivity contribution in [2.24, 2.45) is 11.1 Å². The molecule has 1 unspecified atom stereocenters. The first-order valence-corrected chi connectivity index (χ1v) is 4.87. The average molecular weight is 173 g/mol. The summed E-state index contributed by atoms with van der Waals surface area (Å²) in [5.41, 5.74) is 6.06. The zero-order chi connectivity index (χ0) is 9.45. The SMILES string of the molecule is CCC(C)(CN)CCCCOC. The van der Waals surface area contributed by atoms with E-state index in [4.69, 9.17) is 10.5 Å². The summed E-state index contributed by atoms with van der Waals surface area (Å²) >= 11 is 0. The quantitative estimate of drug-likeness (QED) is 0.599. The van der Waals surface area contributed by atoms with Crippen molar-refractivity contribution in [2.45, 2.75) is 39.5 Å². The van der Waals surface area contributed by atoms with Crippen molar-refractivity contribution in [2.75, 3.05) is 20.3 Å². The van der Waals surface area contributed by atoms with E-state index in [0.717, 1.165) is 19.6 Å². The van der Waals surface area contributed by atoms with Gasteiger partial charge in [-0.2, -0.15) is 0 Å². The molecule has 0 aromatic rings. The van der Waals surface area contributed by atoms with Gasteiger partial charge in [0.2, 0.25) is 0 Å². The molecule has 0 aliphatic heterocycles. The van der Waals surface area contributed by atoms with Crippen LogP contribution in [0.1, 0.15) is 39.5 Å². The number of nitrogens with two attached hydrogens (primary N) is 1. The maximum absolute atomic E-state index is 5.70. The Kier molecular flexibility index (Phi) is 6.39. The fraction of sp³-hybridized carbons (Fsp3) is 1.00. The Morgan fingerprint density at radius 3 is 2.42 bits per heavy atom. The van der Waals surface area contributed by atoms with Gasteiger partial charge in [0, 0.05) is 13.7 Å². The first-order valence-electron chi connectivity index (χ1n) is 4.87. The number of methoxy groups -OCH3 is 1. The van der Waals surface area contributed by atoms with Crippen LogP contribution in [0, 0.1) is 5.41 Å². The highest BCUT2D eigenvalue weighted by atomic mass is 16.5. The van der Waals surface area contributed by atoms with Crippen molar-refractivity contribution in [1.29, 1.82) is 0 Å². The Bertz CT molecular complexity index is 100. The van der Waals surface area contributed by atoms with Crippen LogP contribution in [0.3, 0.4) is 0 Å². The second-order valence-corrected chi connectivity index (χ2v) is 3.82.